The summed E-state index contributed by atoms with van der Waals surface area (Å²) in [4.78, 5) is 33.2. The molecule has 122 valence electrons. The Morgan fingerprint density at radius 2 is 1.96 bits per heavy atom. The average Bonchev–Trinajstić information content (AvgIpc) is 3.07. The van der Waals surface area contributed by atoms with Gasteiger partial charge in [-0.05, 0) is 30.7 Å². The van der Waals surface area contributed by atoms with Crippen molar-refractivity contribution in [2.45, 2.75) is 13.5 Å². The predicted octanol–water partition coefficient (Wildman–Crippen LogP) is 2.55. The van der Waals surface area contributed by atoms with Crippen molar-refractivity contribution in [1.82, 2.24) is 14.9 Å². The van der Waals surface area contributed by atoms with Gasteiger partial charge in [0.25, 0.3) is 0 Å². The lowest BCUT2D eigenvalue weighted by Crippen LogP contribution is -2.39. The molecule has 3 aromatic rings. The Hall–Kier alpha value is -3.15. The number of aromatic amines is 1. The van der Waals surface area contributed by atoms with Crippen LogP contribution in [0.15, 0.2) is 54.9 Å². The fourth-order valence-corrected chi connectivity index (χ4v) is 2.47. The van der Waals surface area contributed by atoms with Crippen molar-refractivity contribution in [2.75, 3.05) is 11.9 Å². The number of benzene rings is 2. The van der Waals surface area contributed by atoms with Gasteiger partial charge >= 0.3 is 11.8 Å². The molecule has 0 atom stereocenters. The average molecular weight is 322 g/mol. The fraction of sp³-hybridized carbons (Fsp3) is 0.167. The molecule has 2 aromatic carbocycles. The molecule has 2 N–H and O–H groups in total. The maximum absolute atomic E-state index is 12.4. The third-order valence-electron chi connectivity index (χ3n) is 3.76. The van der Waals surface area contributed by atoms with E-state index in [4.69, 9.17) is 0 Å². The van der Waals surface area contributed by atoms with Crippen LogP contribution < -0.4 is 5.32 Å². The molecule has 0 saturated carbocycles. The van der Waals surface area contributed by atoms with E-state index in [0.29, 0.717) is 18.8 Å². The van der Waals surface area contributed by atoms with Crippen molar-refractivity contribution >= 4 is 28.5 Å². The molecular formula is C18H18N4O2. The SMILES string of the molecule is CCN(Cc1ccccc1)C(=O)C(=O)Nc1ccc2nc[nH]c2c1. The highest BCUT2D eigenvalue weighted by Crippen LogP contribution is 2.16. The van der Waals surface area contributed by atoms with E-state index < -0.39 is 11.8 Å². The maximum atomic E-state index is 12.4. The quantitative estimate of drug-likeness (QED) is 0.725. The molecule has 2 amide bonds. The summed E-state index contributed by atoms with van der Waals surface area (Å²) in [7, 11) is 0. The number of hydrogen-bond donors (Lipinski definition) is 2. The van der Waals surface area contributed by atoms with Crippen LogP contribution in [0.5, 0.6) is 0 Å². The van der Waals surface area contributed by atoms with Crippen molar-refractivity contribution in [3.8, 4) is 0 Å². The van der Waals surface area contributed by atoms with Crippen LogP contribution >= 0.6 is 0 Å². The van der Waals surface area contributed by atoms with Gasteiger partial charge in [0, 0.05) is 18.8 Å². The Morgan fingerprint density at radius 3 is 2.71 bits per heavy atom. The molecule has 0 radical (unpaired) electrons. The van der Waals surface area contributed by atoms with Crippen LogP contribution in [0.25, 0.3) is 11.0 Å². The Balaban J connectivity index is 1.69. The number of carbonyl (C=O) groups excluding carboxylic acids is 2. The summed E-state index contributed by atoms with van der Waals surface area (Å²) in [5.74, 6) is -1.20. The van der Waals surface area contributed by atoms with Crippen LogP contribution in [0.4, 0.5) is 5.69 Å². The first-order valence-electron chi connectivity index (χ1n) is 7.74. The standard InChI is InChI=1S/C18H18N4O2/c1-2-22(11-13-6-4-3-5-7-13)18(24)17(23)21-14-8-9-15-16(10-14)20-12-19-15/h3-10,12H,2,11H2,1H3,(H,19,20)(H,21,23). The summed E-state index contributed by atoms with van der Waals surface area (Å²) < 4.78 is 0. The minimum absolute atomic E-state index is 0.406. The van der Waals surface area contributed by atoms with E-state index in [1.54, 1.807) is 24.5 Å². The highest BCUT2D eigenvalue weighted by Gasteiger charge is 2.21. The summed E-state index contributed by atoms with van der Waals surface area (Å²) in [5, 5.41) is 2.65. The minimum Gasteiger partial charge on any atom is -0.345 e. The van der Waals surface area contributed by atoms with Crippen molar-refractivity contribution in [1.29, 1.82) is 0 Å². The smallest absolute Gasteiger partial charge is 0.313 e. The lowest BCUT2D eigenvalue weighted by Gasteiger charge is -2.20. The number of nitrogens with one attached hydrogen (secondary N) is 2. The molecule has 0 spiro atoms. The topological polar surface area (TPSA) is 78.1 Å². The zero-order valence-electron chi connectivity index (χ0n) is 13.3. The first kappa shape index (κ1) is 15.7. The van der Waals surface area contributed by atoms with Gasteiger partial charge in [0.05, 0.1) is 17.4 Å². The number of imidazole rings is 1. The van der Waals surface area contributed by atoms with Gasteiger partial charge in [-0.15, -0.1) is 0 Å². The molecule has 24 heavy (non-hydrogen) atoms. The molecule has 3 rings (SSSR count). The molecular weight excluding hydrogens is 304 g/mol. The molecule has 1 heterocycles. The molecule has 1 aromatic heterocycles. The van der Waals surface area contributed by atoms with E-state index >= 15 is 0 Å². The Kier molecular flexibility index (Phi) is 4.56. The van der Waals surface area contributed by atoms with E-state index in [2.05, 4.69) is 15.3 Å². The highest BCUT2D eigenvalue weighted by molar-refractivity contribution is 6.39. The van der Waals surface area contributed by atoms with Gasteiger partial charge in [0.15, 0.2) is 0 Å². The van der Waals surface area contributed by atoms with Crippen molar-refractivity contribution in [3.05, 3.63) is 60.4 Å². The van der Waals surface area contributed by atoms with Gasteiger partial charge in [-0.2, -0.15) is 0 Å². The van der Waals surface area contributed by atoms with Crippen LogP contribution in [0, 0.1) is 0 Å². The first-order chi connectivity index (χ1) is 11.7. The van der Waals surface area contributed by atoms with Crippen LogP contribution in [0.3, 0.4) is 0 Å². The Bertz CT molecular complexity index is 858. The largest absolute Gasteiger partial charge is 0.345 e. The number of fused-ring (bicyclic) bond motifs is 1. The molecule has 6 heteroatoms. The van der Waals surface area contributed by atoms with Gasteiger partial charge in [-0.25, -0.2) is 4.98 Å². The van der Waals surface area contributed by atoms with Gasteiger partial charge in [-0.1, -0.05) is 30.3 Å². The molecule has 6 nitrogen and oxygen atoms in total. The molecule has 0 aliphatic heterocycles. The molecule has 0 bridgehead atoms. The monoisotopic (exact) mass is 322 g/mol. The predicted molar refractivity (Wildman–Crippen MR) is 92.3 cm³/mol. The molecule has 0 aliphatic carbocycles. The summed E-state index contributed by atoms with van der Waals surface area (Å²) in [6.45, 7) is 2.72. The zero-order chi connectivity index (χ0) is 16.9. The number of H-pyrrole nitrogens is 1. The molecule has 0 saturated heterocycles. The number of likely N-dealkylation sites (N-methyl/N-ethyl adjacent to an activating group) is 1. The second-order valence-electron chi connectivity index (χ2n) is 5.39. The van der Waals surface area contributed by atoms with Crippen molar-refractivity contribution in [2.24, 2.45) is 0 Å². The van der Waals surface area contributed by atoms with Crippen LogP contribution in [-0.4, -0.2) is 33.2 Å². The fourth-order valence-electron chi connectivity index (χ4n) is 2.47. The van der Waals surface area contributed by atoms with E-state index in [1.165, 1.54) is 4.90 Å². The van der Waals surface area contributed by atoms with E-state index in [-0.39, 0.29) is 0 Å². The molecule has 0 aliphatic rings. The maximum Gasteiger partial charge on any atom is 0.313 e. The third kappa shape index (κ3) is 3.43. The van der Waals surface area contributed by atoms with Crippen molar-refractivity contribution < 1.29 is 9.59 Å². The number of nitrogens with zero attached hydrogens (tertiary/aromatic N) is 2. The lowest BCUT2D eigenvalue weighted by atomic mass is 10.2. The van der Waals surface area contributed by atoms with Gasteiger partial charge in [0.1, 0.15) is 0 Å². The molecule has 0 unspecified atom stereocenters. The van der Waals surface area contributed by atoms with Gasteiger partial charge < -0.3 is 15.2 Å². The number of hydrogen-bond acceptors (Lipinski definition) is 3. The lowest BCUT2D eigenvalue weighted by molar-refractivity contribution is -0.143. The zero-order valence-corrected chi connectivity index (χ0v) is 13.3. The summed E-state index contributed by atoms with van der Waals surface area (Å²) in [6, 6.07) is 14.9. The van der Waals surface area contributed by atoms with E-state index in [9.17, 15) is 9.59 Å². The Morgan fingerprint density at radius 1 is 1.17 bits per heavy atom. The van der Waals surface area contributed by atoms with Crippen LogP contribution in [0.2, 0.25) is 0 Å². The van der Waals surface area contributed by atoms with Crippen molar-refractivity contribution in [3.63, 3.8) is 0 Å². The number of amides is 2. The number of aromatic nitrogens is 2. The van der Waals surface area contributed by atoms with E-state index in [0.717, 1.165) is 16.6 Å². The van der Waals surface area contributed by atoms with Crippen LogP contribution in [0.1, 0.15) is 12.5 Å². The first-order valence-corrected chi connectivity index (χ1v) is 7.74. The van der Waals surface area contributed by atoms with Gasteiger partial charge in [0.2, 0.25) is 0 Å². The van der Waals surface area contributed by atoms with Crippen LogP contribution in [-0.2, 0) is 16.1 Å². The number of rotatable bonds is 4. The normalized spacial score (nSPS) is 10.5. The minimum atomic E-state index is -0.647. The number of anilines is 1. The summed E-state index contributed by atoms with van der Waals surface area (Å²) in [5.41, 5.74) is 3.15. The molecule has 0 fully saturated rings. The Labute approximate surface area is 139 Å². The van der Waals surface area contributed by atoms with E-state index in [1.807, 2.05) is 37.3 Å². The second-order valence-corrected chi connectivity index (χ2v) is 5.39. The number of carbonyl (C=O) groups is 2. The second kappa shape index (κ2) is 6.95. The van der Waals surface area contributed by atoms with Gasteiger partial charge in [-0.3, -0.25) is 9.59 Å². The summed E-state index contributed by atoms with van der Waals surface area (Å²) >= 11 is 0. The summed E-state index contributed by atoms with van der Waals surface area (Å²) in [6.07, 6.45) is 1.58. The highest BCUT2D eigenvalue weighted by atomic mass is 16.2. The third-order valence-corrected chi connectivity index (χ3v) is 3.76.